The predicted molar refractivity (Wildman–Crippen MR) is 74.6 cm³/mol. The van der Waals surface area contributed by atoms with Gasteiger partial charge in [0.15, 0.2) is 5.82 Å². The molecule has 0 unspecified atom stereocenters. The predicted octanol–water partition coefficient (Wildman–Crippen LogP) is 4.01. The molecule has 0 atom stereocenters. The minimum atomic E-state index is -0.734. The van der Waals surface area contributed by atoms with Gasteiger partial charge in [0.1, 0.15) is 5.82 Å². The van der Waals surface area contributed by atoms with E-state index < -0.39 is 11.6 Å². The van der Waals surface area contributed by atoms with Crippen LogP contribution in [0.1, 0.15) is 12.5 Å². The van der Waals surface area contributed by atoms with Crippen molar-refractivity contribution in [3.8, 4) is 0 Å². The summed E-state index contributed by atoms with van der Waals surface area (Å²) in [4.78, 5) is 1.80. The van der Waals surface area contributed by atoms with Crippen molar-refractivity contribution in [3.05, 3.63) is 53.6 Å². The Morgan fingerprint density at radius 2 is 1.79 bits per heavy atom. The van der Waals surface area contributed by atoms with E-state index in [1.165, 1.54) is 6.07 Å². The lowest BCUT2D eigenvalue weighted by molar-refractivity contribution is 0.586. The van der Waals surface area contributed by atoms with Gasteiger partial charge in [0.2, 0.25) is 0 Å². The van der Waals surface area contributed by atoms with Crippen LogP contribution in [0.2, 0.25) is 0 Å². The van der Waals surface area contributed by atoms with Crippen LogP contribution in [0.25, 0.3) is 0 Å². The summed E-state index contributed by atoms with van der Waals surface area (Å²) in [7, 11) is 0. The van der Waals surface area contributed by atoms with Gasteiger partial charge in [-0.2, -0.15) is 0 Å². The number of anilines is 3. The first-order chi connectivity index (χ1) is 9.04. The number of hydrogen-bond donors (Lipinski definition) is 1. The van der Waals surface area contributed by atoms with Gasteiger partial charge in [0, 0.05) is 18.3 Å². The van der Waals surface area contributed by atoms with Crippen molar-refractivity contribution < 1.29 is 8.78 Å². The molecule has 0 aliphatic carbocycles. The zero-order valence-corrected chi connectivity index (χ0v) is 11.0. The van der Waals surface area contributed by atoms with E-state index in [-0.39, 0.29) is 5.69 Å². The van der Waals surface area contributed by atoms with E-state index in [2.05, 4.69) is 0 Å². The van der Waals surface area contributed by atoms with Crippen LogP contribution in [0.3, 0.4) is 0 Å². The largest absolute Gasteiger partial charge is 0.395 e. The van der Waals surface area contributed by atoms with Gasteiger partial charge in [-0.05, 0) is 31.5 Å². The minimum absolute atomic E-state index is 0.0356. The van der Waals surface area contributed by atoms with Crippen molar-refractivity contribution in [2.75, 3.05) is 17.2 Å². The number of nitrogen functional groups attached to an aromatic ring is 1. The van der Waals surface area contributed by atoms with Gasteiger partial charge >= 0.3 is 0 Å². The minimum Gasteiger partial charge on any atom is -0.395 e. The second-order valence-electron chi connectivity index (χ2n) is 4.35. The van der Waals surface area contributed by atoms with Crippen molar-refractivity contribution in [3.63, 3.8) is 0 Å². The van der Waals surface area contributed by atoms with E-state index in [0.717, 1.165) is 17.3 Å². The third-order valence-electron chi connectivity index (χ3n) is 3.09. The van der Waals surface area contributed by atoms with Crippen LogP contribution in [0.4, 0.5) is 25.8 Å². The van der Waals surface area contributed by atoms with Crippen LogP contribution < -0.4 is 10.6 Å². The average Bonchev–Trinajstić information content (AvgIpc) is 2.38. The summed E-state index contributed by atoms with van der Waals surface area (Å²) < 4.78 is 27.0. The molecule has 0 fully saturated rings. The molecule has 0 bridgehead atoms. The van der Waals surface area contributed by atoms with Gasteiger partial charge in [-0.25, -0.2) is 8.78 Å². The van der Waals surface area contributed by atoms with E-state index in [1.54, 1.807) is 4.90 Å². The Labute approximate surface area is 111 Å². The summed E-state index contributed by atoms with van der Waals surface area (Å²) >= 11 is 0. The Kier molecular flexibility index (Phi) is 3.69. The van der Waals surface area contributed by atoms with E-state index in [1.807, 2.05) is 38.1 Å². The molecular formula is C15H16F2N2. The lowest BCUT2D eigenvalue weighted by Gasteiger charge is -2.26. The number of hydrogen-bond acceptors (Lipinski definition) is 2. The summed E-state index contributed by atoms with van der Waals surface area (Å²) in [5.41, 5.74) is 7.96. The normalized spacial score (nSPS) is 10.5. The molecule has 0 saturated heterocycles. The Morgan fingerprint density at radius 1 is 1.11 bits per heavy atom. The number of para-hydroxylation sites is 1. The quantitative estimate of drug-likeness (QED) is 0.847. The molecule has 0 aliphatic rings. The molecule has 2 rings (SSSR count). The summed E-state index contributed by atoms with van der Waals surface area (Å²) in [6.45, 7) is 4.43. The molecule has 4 heteroatoms. The maximum atomic E-state index is 13.6. The van der Waals surface area contributed by atoms with Gasteiger partial charge in [0.05, 0.1) is 11.4 Å². The van der Waals surface area contributed by atoms with Crippen LogP contribution in [0.5, 0.6) is 0 Å². The summed E-state index contributed by atoms with van der Waals surface area (Å²) in [6, 6.07) is 9.71. The maximum absolute atomic E-state index is 13.6. The molecule has 19 heavy (non-hydrogen) atoms. The average molecular weight is 262 g/mol. The van der Waals surface area contributed by atoms with Gasteiger partial charge in [-0.1, -0.05) is 18.2 Å². The Balaban J connectivity index is 2.58. The van der Waals surface area contributed by atoms with Crippen molar-refractivity contribution in [2.45, 2.75) is 13.8 Å². The molecule has 0 saturated carbocycles. The zero-order chi connectivity index (χ0) is 14.0. The molecule has 2 aromatic rings. The molecule has 0 aliphatic heterocycles. The molecule has 0 aromatic heterocycles. The number of benzene rings is 2. The third kappa shape index (κ3) is 2.52. The lowest BCUT2D eigenvalue weighted by atomic mass is 10.1. The van der Waals surface area contributed by atoms with E-state index in [9.17, 15) is 8.78 Å². The molecule has 2 nitrogen and oxygen atoms in total. The lowest BCUT2D eigenvalue weighted by Crippen LogP contribution is -2.19. The first kappa shape index (κ1) is 13.3. The first-order valence-electron chi connectivity index (χ1n) is 6.12. The van der Waals surface area contributed by atoms with Crippen molar-refractivity contribution in [2.24, 2.45) is 0 Å². The fraction of sp³-hybridized carbons (Fsp3) is 0.200. The second kappa shape index (κ2) is 5.26. The number of halogens is 2. The van der Waals surface area contributed by atoms with E-state index in [4.69, 9.17) is 5.73 Å². The highest BCUT2D eigenvalue weighted by Crippen LogP contribution is 2.34. The molecule has 0 amide bonds. The SMILES string of the molecule is CCN(c1ccccc1C)c1cc(F)cc(F)c1N. The second-order valence-corrected chi connectivity index (χ2v) is 4.35. The summed E-state index contributed by atoms with van der Waals surface area (Å²) in [5.74, 6) is -1.37. The molecule has 0 radical (unpaired) electrons. The number of aryl methyl sites for hydroxylation is 1. The fourth-order valence-electron chi connectivity index (χ4n) is 2.13. The highest BCUT2D eigenvalue weighted by Gasteiger charge is 2.16. The smallest absolute Gasteiger partial charge is 0.151 e. The monoisotopic (exact) mass is 262 g/mol. The van der Waals surface area contributed by atoms with Crippen molar-refractivity contribution >= 4 is 17.1 Å². The zero-order valence-electron chi connectivity index (χ0n) is 11.0. The van der Waals surface area contributed by atoms with Crippen LogP contribution in [0, 0.1) is 18.6 Å². The molecular weight excluding hydrogens is 246 g/mol. The van der Waals surface area contributed by atoms with Gasteiger partial charge in [-0.3, -0.25) is 0 Å². The van der Waals surface area contributed by atoms with Crippen LogP contribution in [0.15, 0.2) is 36.4 Å². The Morgan fingerprint density at radius 3 is 2.42 bits per heavy atom. The van der Waals surface area contributed by atoms with Crippen LogP contribution in [-0.4, -0.2) is 6.54 Å². The Hall–Kier alpha value is -2.10. The first-order valence-corrected chi connectivity index (χ1v) is 6.12. The van der Waals surface area contributed by atoms with Gasteiger partial charge in [0.25, 0.3) is 0 Å². The maximum Gasteiger partial charge on any atom is 0.151 e. The molecule has 0 spiro atoms. The standard InChI is InChI=1S/C15H16F2N2/c1-3-19(13-7-5-4-6-10(13)2)14-9-11(16)8-12(17)15(14)18/h4-9H,3,18H2,1-2H3. The summed E-state index contributed by atoms with van der Waals surface area (Å²) in [5, 5.41) is 0. The number of rotatable bonds is 3. The van der Waals surface area contributed by atoms with Gasteiger partial charge < -0.3 is 10.6 Å². The van der Waals surface area contributed by atoms with Gasteiger partial charge in [-0.15, -0.1) is 0 Å². The van der Waals surface area contributed by atoms with E-state index >= 15 is 0 Å². The van der Waals surface area contributed by atoms with Crippen LogP contribution in [-0.2, 0) is 0 Å². The van der Waals surface area contributed by atoms with E-state index in [0.29, 0.717) is 12.2 Å². The molecule has 2 aromatic carbocycles. The Bertz CT molecular complexity index is 597. The van der Waals surface area contributed by atoms with Crippen molar-refractivity contribution in [1.82, 2.24) is 0 Å². The fourth-order valence-corrected chi connectivity index (χ4v) is 2.13. The van der Waals surface area contributed by atoms with Crippen molar-refractivity contribution in [1.29, 1.82) is 0 Å². The molecule has 0 heterocycles. The van der Waals surface area contributed by atoms with Crippen LogP contribution >= 0.6 is 0 Å². The number of nitrogens with two attached hydrogens (primary N) is 1. The molecule has 2 N–H and O–H groups in total. The highest BCUT2D eigenvalue weighted by atomic mass is 19.1. The highest BCUT2D eigenvalue weighted by molar-refractivity contribution is 5.76. The summed E-state index contributed by atoms with van der Waals surface area (Å²) in [6.07, 6.45) is 0. The third-order valence-corrected chi connectivity index (χ3v) is 3.09. The molecule has 100 valence electrons. The number of nitrogens with zero attached hydrogens (tertiary/aromatic N) is 1. The topological polar surface area (TPSA) is 29.3 Å².